The first-order valence-corrected chi connectivity index (χ1v) is 7.82. The van der Waals surface area contributed by atoms with Crippen molar-refractivity contribution < 1.29 is 5.11 Å². The first-order valence-electron chi connectivity index (χ1n) is 7.82. The van der Waals surface area contributed by atoms with Crippen molar-refractivity contribution in [1.82, 2.24) is 18.7 Å². The molecule has 0 bridgehead atoms. The van der Waals surface area contributed by atoms with Gasteiger partial charge in [0, 0.05) is 27.2 Å². The molecule has 2 heterocycles. The van der Waals surface area contributed by atoms with Crippen LogP contribution in [0.4, 0.5) is 5.95 Å². The zero-order valence-electron chi connectivity index (χ0n) is 14.1. The molecule has 0 atom stereocenters. The average molecular weight is 344 g/mol. The van der Waals surface area contributed by atoms with Crippen molar-refractivity contribution in [2.45, 2.75) is 6.54 Å². The van der Waals surface area contributed by atoms with Crippen molar-refractivity contribution >= 4 is 17.1 Å². The number of hydrogen-bond acceptors (Lipinski definition) is 6. The normalized spacial score (nSPS) is 11.2. The van der Waals surface area contributed by atoms with Crippen molar-refractivity contribution in [3.05, 3.63) is 50.7 Å². The molecular formula is C16H20N6O3. The Kier molecular flexibility index (Phi) is 4.32. The lowest BCUT2D eigenvalue weighted by atomic mass is 10.2. The van der Waals surface area contributed by atoms with Crippen LogP contribution in [0.25, 0.3) is 11.2 Å². The van der Waals surface area contributed by atoms with Gasteiger partial charge in [-0.15, -0.1) is 0 Å². The van der Waals surface area contributed by atoms with Gasteiger partial charge < -0.3 is 16.2 Å². The van der Waals surface area contributed by atoms with E-state index in [0.717, 1.165) is 10.1 Å². The largest absolute Gasteiger partial charge is 0.508 e. The number of fused-ring (bicyclic) bond motifs is 1. The Morgan fingerprint density at radius 3 is 2.48 bits per heavy atom. The Bertz CT molecular complexity index is 1030. The standard InChI is InChI=1S/C16H20N6O3/c1-20-13-12(14(24)21(2)16(20)25)22(15(19-13)18-8-7-17)9-10-3-5-11(23)6-4-10/h3-6,23H,7-9,17H2,1-2H3,(H,18,19). The van der Waals surface area contributed by atoms with Gasteiger partial charge >= 0.3 is 5.69 Å². The smallest absolute Gasteiger partial charge is 0.332 e. The molecule has 0 spiro atoms. The highest BCUT2D eigenvalue weighted by atomic mass is 16.3. The van der Waals surface area contributed by atoms with Crippen molar-refractivity contribution in [1.29, 1.82) is 0 Å². The number of phenols is 1. The lowest BCUT2D eigenvalue weighted by Crippen LogP contribution is -2.37. The van der Waals surface area contributed by atoms with Crippen LogP contribution in [0, 0.1) is 0 Å². The number of aromatic nitrogens is 4. The van der Waals surface area contributed by atoms with Crippen molar-refractivity contribution in [3.63, 3.8) is 0 Å². The summed E-state index contributed by atoms with van der Waals surface area (Å²) in [6.07, 6.45) is 0. The summed E-state index contributed by atoms with van der Waals surface area (Å²) in [7, 11) is 3.02. The number of nitrogens with one attached hydrogen (secondary N) is 1. The van der Waals surface area contributed by atoms with Crippen molar-refractivity contribution in [2.75, 3.05) is 18.4 Å². The van der Waals surface area contributed by atoms with E-state index >= 15 is 0 Å². The fourth-order valence-electron chi connectivity index (χ4n) is 2.70. The van der Waals surface area contributed by atoms with Crippen LogP contribution in [0.5, 0.6) is 5.75 Å². The molecule has 9 heteroatoms. The van der Waals surface area contributed by atoms with Crippen LogP contribution in [0.1, 0.15) is 5.56 Å². The van der Waals surface area contributed by atoms with Gasteiger partial charge in [-0.1, -0.05) is 12.1 Å². The summed E-state index contributed by atoms with van der Waals surface area (Å²) in [6.45, 7) is 1.24. The Labute approximate surface area is 142 Å². The highest BCUT2D eigenvalue weighted by Crippen LogP contribution is 2.19. The maximum absolute atomic E-state index is 12.6. The second-order valence-electron chi connectivity index (χ2n) is 5.78. The summed E-state index contributed by atoms with van der Waals surface area (Å²) >= 11 is 0. The van der Waals surface area contributed by atoms with Gasteiger partial charge in [0.1, 0.15) is 5.75 Å². The van der Waals surface area contributed by atoms with Crippen LogP contribution in [0.15, 0.2) is 33.9 Å². The second kappa shape index (κ2) is 6.44. The fourth-order valence-corrected chi connectivity index (χ4v) is 2.70. The summed E-state index contributed by atoms with van der Waals surface area (Å²) in [5, 5.41) is 12.5. The molecule has 3 aromatic rings. The van der Waals surface area contributed by atoms with Gasteiger partial charge in [0.2, 0.25) is 5.95 Å². The van der Waals surface area contributed by atoms with Gasteiger partial charge in [0.05, 0.1) is 6.54 Å². The number of nitrogens with two attached hydrogens (primary N) is 1. The van der Waals surface area contributed by atoms with Gasteiger partial charge in [-0.05, 0) is 17.7 Å². The Balaban J connectivity index is 2.24. The third-order valence-corrected chi connectivity index (χ3v) is 4.05. The fraction of sp³-hybridized carbons (Fsp3) is 0.312. The molecule has 0 aliphatic heterocycles. The van der Waals surface area contributed by atoms with Crippen LogP contribution in [0.2, 0.25) is 0 Å². The minimum absolute atomic E-state index is 0.166. The molecule has 0 amide bonds. The van der Waals surface area contributed by atoms with Crippen molar-refractivity contribution in [2.24, 2.45) is 19.8 Å². The molecule has 9 nitrogen and oxygen atoms in total. The first kappa shape index (κ1) is 16.8. The monoisotopic (exact) mass is 344 g/mol. The maximum Gasteiger partial charge on any atom is 0.332 e. The minimum Gasteiger partial charge on any atom is -0.508 e. The SMILES string of the molecule is Cn1c(=O)c2c(nc(NCCN)n2Cc2ccc(O)cc2)n(C)c1=O. The summed E-state index contributed by atoms with van der Waals surface area (Å²) < 4.78 is 4.13. The van der Waals surface area contributed by atoms with E-state index in [4.69, 9.17) is 5.73 Å². The number of hydrogen-bond donors (Lipinski definition) is 3. The van der Waals surface area contributed by atoms with Crippen LogP contribution in [-0.2, 0) is 20.6 Å². The molecule has 132 valence electrons. The number of benzene rings is 1. The van der Waals surface area contributed by atoms with E-state index in [1.54, 1.807) is 35.9 Å². The number of imidazole rings is 1. The Morgan fingerprint density at radius 1 is 1.16 bits per heavy atom. The lowest BCUT2D eigenvalue weighted by molar-refractivity contribution is 0.475. The third-order valence-electron chi connectivity index (χ3n) is 4.05. The molecule has 0 unspecified atom stereocenters. The third kappa shape index (κ3) is 2.89. The molecule has 0 fully saturated rings. The lowest BCUT2D eigenvalue weighted by Gasteiger charge is -2.10. The van der Waals surface area contributed by atoms with Gasteiger partial charge in [0.15, 0.2) is 11.2 Å². The number of rotatable bonds is 5. The summed E-state index contributed by atoms with van der Waals surface area (Å²) in [4.78, 5) is 29.2. The summed E-state index contributed by atoms with van der Waals surface area (Å²) in [6, 6.07) is 6.69. The predicted octanol–water partition coefficient (Wildman–Crippen LogP) is -0.442. The van der Waals surface area contributed by atoms with E-state index in [9.17, 15) is 14.7 Å². The van der Waals surface area contributed by atoms with Gasteiger partial charge in [-0.25, -0.2) is 4.79 Å². The Hall–Kier alpha value is -3.07. The highest BCUT2D eigenvalue weighted by molar-refractivity contribution is 5.74. The molecular weight excluding hydrogens is 324 g/mol. The Morgan fingerprint density at radius 2 is 1.84 bits per heavy atom. The molecule has 0 radical (unpaired) electrons. The average Bonchev–Trinajstić information content (AvgIpc) is 2.96. The molecule has 3 rings (SSSR count). The number of aryl methyl sites for hydroxylation is 1. The predicted molar refractivity (Wildman–Crippen MR) is 95.0 cm³/mol. The zero-order chi connectivity index (χ0) is 18.1. The topological polar surface area (TPSA) is 120 Å². The van der Waals surface area contributed by atoms with Crippen LogP contribution >= 0.6 is 0 Å². The molecule has 0 aliphatic carbocycles. The minimum atomic E-state index is -0.433. The van der Waals surface area contributed by atoms with Crippen LogP contribution in [0.3, 0.4) is 0 Å². The molecule has 1 aromatic carbocycles. The van der Waals surface area contributed by atoms with Gasteiger partial charge in [-0.2, -0.15) is 4.98 Å². The maximum atomic E-state index is 12.6. The van der Waals surface area contributed by atoms with E-state index in [0.29, 0.717) is 36.7 Å². The molecule has 0 saturated heterocycles. The highest BCUT2D eigenvalue weighted by Gasteiger charge is 2.19. The van der Waals surface area contributed by atoms with E-state index < -0.39 is 11.2 Å². The molecule has 0 aliphatic rings. The van der Waals surface area contributed by atoms with Crippen molar-refractivity contribution in [3.8, 4) is 5.75 Å². The number of phenolic OH excluding ortho intramolecular Hbond substituents is 1. The number of anilines is 1. The molecule has 0 saturated carbocycles. The van der Waals surface area contributed by atoms with E-state index in [1.807, 2.05) is 0 Å². The zero-order valence-corrected chi connectivity index (χ0v) is 14.1. The van der Waals surface area contributed by atoms with E-state index in [1.165, 1.54) is 11.6 Å². The molecule has 25 heavy (non-hydrogen) atoms. The summed E-state index contributed by atoms with van der Waals surface area (Å²) in [5.41, 5.74) is 6.23. The first-order chi connectivity index (χ1) is 11.9. The number of aromatic hydroxyl groups is 1. The van der Waals surface area contributed by atoms with Gasteiger partial charge in [-0.3, -0.25) is 18.5 Å². The van der Waals surface area contributed by atoms with Gasteiger partial charge in [0.25, 0.3) is 5.56 Å². The van der Waals surface area contributed by atoms with E-state index in [2.05, 4.69) is 10.3 Å². The van der Waals surface area contributed by atoms with E-state index in [-0.39, 0.29) is 5.75 Å². The molecule has 4 N–H and O–H groups in total. The van der Waals surface area contributed by atoms with Crippen LogP contribution < -0.4 is 22.3 Å². The molecule has 2 aromatic heterocycles. The second-order valence-corrected chi connectivity index (χ2v) is 5.78. The number of nitrogens with zero attached hydrogens (tertiary/aromatic N) is 4. The van der Waals surface area contributed by atoms with Crippen LogP contribution in [-0.4, -0.2) is 36.9 Å². The quantitative estimate of drug-likeness (QED) is 0.577. The summed E-state index contributed by atoms with van der Waals surface area (Å²) in [5.74, 6) is 0.630.